The number of fused-ring (bicyclic) bond motifs is 4. The molecule has 3 aliphatic rings. The minimum Gasteiger partial charge on any atom is -0.508 e. The van der Waals surface area contributed by atoms with E-state index in [1.807, 2.05) is 24.3 Å². The molecule has 3 aromatic carbocycles. The van der Waals surface area contributed by atoms with Gasteiger partial charge in [-0.2, -0.15) is 18.2 Å². The van der Waals surface area contributed by atoms with Gasteiger partial charge in [0.15, 0.2) is 5.82 Å². The summed E-state index contributed by atoms with van der Waals surface area (Å²) < 4.78 is 58.5. The second-order valence-corrected chi connectivity index (χ2v) is 11.5. The lowest BCUT2D eigenvalue weighted by atomic mass is 9.87. The number of nitrogens with one attached hydrogen (secondary N) is 1. The van der Waals surface area contributed by atoms with Gasteiger partial charge in [-0.3, -0.25) is 0 Å². The summed E-state index contributed by atoms with van der Waals surface area (Å²) in [7, 11) is 0. The number of phenolic OH excluding ortho intramolecular Hbond substituents is 1. The number of benzene rings is 3. The van der Waals surface area contributed by atoms with E-state index in [9.17, 15) is 23.4 Å². The first-order valence-corrected chi connectivity index (χ1v) is 13.8. The third kappa shape index (κ3) is 4.25. The molecular weight excluding hydrogens is 538 g/mol. The first kappa shape index (κ1) is 26.2. The van der Waals surface area contributed by atoms with Gasteiger partial charge in [-0.05, 0) is 53.8 Å². The van der Waals surface area contributed by atoms with E-state index in [4.69, 9.17) is 4.98 Å². The van der Waals surface area contributed by atoms with Crippen LogP contribution < -0.4 is 15.1 Å². The van der Waals surface area contributed by atoms with Gasteiger partial charge in [-0.1, -0.05) is 30.3 Å². The lowest BCUT2D eigenvalue weighted by molar-refractivity contribution is -0.227. The van der Waals surface area contributed by atoms with Crippen molar-refractivity contribution in [3.8, 4) is 16.9 Å². The minimum atomic E-state index is -4.61. The minimum absolute atomic E-state index is 0.00862. The number of anilines is 2. The summed E-state index contributed by atoms with van der Waals surface area (Å²) in [6, 6.07) is 14.4. The van der Waals surface area contributed by atoms with E-state index < -0.39 is 30.6 Å². The molecule has 3 aliphatic heterocycles. The highest BCUT2D eigenvalue weighted by Gasteiger charge is 2.58. The molecule has 4 aromatic rings. The number of phenols is 1. The second kappa shape index (κ2) is 9.42. The molecule has 7 rings (SSSR count). The maximum absolute atomic E-state index is 16.6. The summed E-state index contributed by atoms with van der Waals surface area (Å²) in [5, 5.41) is 25.7. The number of piperazine rings is 1. The van der Waals surface area contributed by atoms with Crippen LogP contribution in [0.5, 0.6) is 5.75 Å². The normalized spacial score (nSPS) is 24.6. The van der Waals surface area contributed by atoms with Crippen LogP contribution in [-0.4, -0.2) is 71.2 Å². The Labute approximate surface area is 233 Å². The van der Waals surface area contributed by atoms with Gasteiger partial charge in [0.1, 0.15) is 22.5 Å². The summed E-state index contributed by atoms with van der Waals surface area (Å²) in [6.45, 7) is -0.283. The molecule has 0 radical (unpaired) electrons. The lowest BCUT2D eigenvalue weighted by Gasteiger charge is -2.35. The predicted molar refractivity (Wildman–Crippen MR) is 149 cm³/mol. The van der Waals surface area contributed by atoms with Crippen LogP contribution in [0.4, 0.5) is 29.3 Å². The van der Waals surface area contributed by atoms with E-state index in [1.54, 1.807) is 18.2 Å². The Bertz CT molecular complexity index is 1650. The standard InChI is InChI=1S/C30H29F4N5O2/c31-25-22(24-12-20(41)11-17-3-1-2-4-21(17)24)7-8-23-26(25)36-28(38-10-9-29(15-38,16-40)30(32,33)34)37-27(23)39-13-18-5-6-19(14-39)35-18/h1-4,7-8,11-12,18-19,35,40-41H,5-6,9-10,13-16H2. The van der Waals surface area contributed by atoms with Gasteiger partial charge in [0.25, 0.3) is 0 Å². The van der Waals surface area contributed by atoms with Crippen molar-refractivity contribution in [3.05, 3.63) is 54.3 Å². The first-order chi connectivity index (χ1) is 19.7. The highest BCUT2D eigenvalue weighted by molar-refractivity contribution is 6.01. The molecule has 0 amide bonds. The van der Waals surface area contributed by atoms with Crippen LogP contribution in [0.25, 0.3) is 32.8 Å². The van der Waals surface area contributed by atoms with E-state index in [0.29, 0.717) is 29.9 Å². The maximum Gasteiger partial charge on any atom is 0.398 e. The monoisotopic (exact) mass is 567 g/mol. The third-order valence-electron chi connectivity index (χ3n) is 8.97. The molecule has 3 fully saturated rings. The Morgan fingerprint density at radius 2 is 1.71 bits per heavy atom. The Kier molecular flexibility index (Phi) is 6.02. The number of aliphatic hydroxyl groups is 1. The number of alkyl halides is 3. The number of aliphatic hydroxyl groups excluding tert-OH is 1. The molecule has 0 aliphatic carbocycles. The van der Waals surface area contributed by atoms with Crippen molar-refractivity contribution >= 4 is 33.4 Å². The van der Waals surface area contributed by atoms with Crippen molar-refractivity contribution in [3.63, 3.8) is 0 Å². The molecule has 0 spiro atoms. The molecule has 214 valence electrons. The fourth-order valence-corrected chi connectivity index (χ4v) is 6.71. The van der Waals surface area contributed by atoms with E-state index in [2.05, 4.69) is 15.2 Å². The fourth-order valence-electron chi connectivity index (χ4n) is 6.71. The van der Waals surface area contributed by atoms with Crippen LogP contribution in [0.3, 0.4) is 0 Å². The SMILES string of the molecule is OCC1(C(F)(F)F)CCN(c2nc(N3CC4CCC(C3)N4)c3ccc(-c4cc(O)cc5ccccc45)c(F)c3n2)C1. The average Bonchev–Trinajstić information content (AvgIpc) is 3.56. The molecule has 41 heavy (non-hydrogen) atoms. The molecule has 0 saturated carbocycles. The van der Waals surface area contributed by atoms with Crippen LogP contribution in [0.1, 0.15) is 19.3 Å². The number of hydrogen-bond donors (Lipinski definition) is 3. The van der Waals surface area contributed by atoms with Crippen LogP contribution in [-0.2, 0) is 0 Å². The Balaban J connectivity index is 1.40. The van der Waals surface area contributed by atoms with E-state index in [1.165, 1.54) is 11.0 Å². The molecular formula is C30H29F4N5O2. The number of rotatable bonds is 4. The highest BCUT2D eigenvalue weighted by atomic mass is 19.4. The zero-order chi connectivity index (χ0) is 28.5. The van der Waals surface area contributed by atoms with Gasteiger partial charge >= 0.3 is 6.18 Å². The highest BCUT2D eigenvalue weighted by Crippen LogP contribution is 2.46. The Morgan fingerprint density at radius 3 is 2.41 bits per heavy atom. The van der Waals surface area contributed by atoms with Crippen LogP contribution in [0.15, 0.2) is 48.5 Å². The van der Waals surface area contributed by atoms with Gasteiger partial charge < -0.3 is 25.3 Å². The van der Waals surface area contributed by atoms with Crippen molar-refractivity contribution < 1.29 is 27.8 Å². The van der Waals surface area contributed by atoms with Gasteiger partial charge in [0.2, 0.25) is 5.95 Å². The van der Waals surface area contributed by atoms with Gasteiger partial charge in [-0.15, -0.1) is 0 Å². The predicted octanol–water partition coefficient (Wildman–Crippen LogP) is 4.99. The summed E-state index contributed by atoms with van der Waals surface area (Å²) in [5.74, 6) is -0.147. The molecule has 7 nitrogen and oxygen atoms in total. The first-order valence-electron chi connectivity index (χ1n) is 13.8. The topological polar surface area (TPSA) is 84.8 Å². The quantitative estimate of drug-likeness (QED) is 0.300. The molecule has 4 heterocycles. The zero-order valence-electron chi connectivity index (χ0n) is 22.1. The number of halogens is 4. The smallest absolute Gasteiger partial charge is 0.398 e. The van der Waals surface area contributed by atoms with Gasteiger partial charge in [0, 0.05) is 49.2 Å². The number of nitrogens with zero attached hydrogens (tertiary/aromatic N) is 4. The summed E-state index contributed by atoms with van der Waals surface area (Å²) >= 11 is 0. The molecule has 2 bridgehead atoms. The Hall–Kier alpha value is -3.70. The second-order valence-electron chi connectivity index (χ2n) is 11.5. The maximum atomic E-state index is 16.6. The zero-order valence-corrected chi connectivity index (χ0v) is 22.1. The van der Waals surface area contributed by atoms with Crippen LogP contribution in [0, 0.1) is 11.2 Å². The Morgan fingerprint density at radius 1 is 0.951 bits per heavy atom. The van der Waals surface area contributed by atoms with Crippen molar-refractivity contribution in [1.82, 2.24) is 15.3 Å². The lowest BCUT2D eigenvalue weighted by Crippen LogP contribution is -2.51. The number of aromatic hydroxyl groups is 1. The van der Waals surface area contributed by atoms with E-state index in [-0.39, 0.29) is 47.8 Å². The largest absolute Gasteiger partial charge is 0.508 e. The summed E-state index contributed by atoms with van der Waals surface area (Å²) in [5.41, 5.74) is -1.57. The molecule has 3 saturated heterocycles. The third-order valence-corrected chi connectivity index (χ3v) is 8.97. The van der Waals surface area contributed by atoms with Gasteiger partial charge in [-0.25, -0.2) is 9.37 Å². The van der Waals surface area contributed by atoms with Crippen LogP contribution in [0.2, 0.25) is 0 Å². The number of aromatic nitrogens is 2. The van der Waals surface area contributed by atoms with Crippen molar-refractivity contribution in [2.75, 3.05) is 42.6 Å². The van der Waals surface area contributed by atoms with Crippen LogP contribution >= 0.6 is 0 Å². The molecule has 3 atom stereocenters. The molecule has 3 N–H and O–H groups in total. The molecule has 11 heteroatoms. The fraction of sp³-hybridized carbons (Fsp3) is 0.400. The molecule has 3 unspecified atom stereocenters. The van der Waals surface area contributed by atoms with Crippen molar-refractivity contribution in [2.24, 2.45) is 5.41 Å². The summed E-state index contributed by atoms with van der Waals surface area (Å²) in [6.07, 6.45) is -2.89. The van der Waals surface area contributed by atoms with Crippen molar-refractivity contribution in [1.29, 1.82) is 0 Å². The van der Waals surface area contributed by atoms with Crippen molar-refractivity contribution in [2.45, 2.75) is 37.5 Å². The summed E-state index contributed by atoms with van der Waals surface area (Å²) in [4.78, 5) is 12.8. The van der Waals surface area contributed by atoms with E-state index >= 15 is 4.39 Å². The number of hydrogen-bond acceptors (Lipinski definition) is 7. The van der Waals surface area contributed by atoms with E-state index in [0.717, 1.165) is 23.6 Å². The molecule has 1 aromatic heterocycles. The average molecular weight is 568 g/mol. The van der Waals surface area contributed by atoms with Gasteiger partial charge in [0.05, 0.1) is 6.61 Å².